The SMILES string of the molecule is c1ccc(-c2nc(-c3cccc(-n4c5ccccc5c5ccccc54)c3)cc(-c3ccc4c5cc6c(cc5n(-c5ccccc5)c4c3)c(-c3ccccc3)nc3ccccc36)n2)cc1. The highest BCUT2D eigenvalue weighted by molar-refractivity contribution is 6.20. The Morgan fingerprint density at radius 2 is 0.797 bits per heavy atom. The fraction of sp³-hybridized carbons (Fsp3) is 0. The van der Waals surface area contributed by atoms with Crippen LogP contribution in [0.2, 0.25) is 0 Å². The molecule has 0 radical (unpaired) electrons. The predicted octanol–water partition coefficient (Wildman–Crippen LogP) is 15.0. The normalized spacial score (nSPS) is 11.8. The van der Waals surface area contributed by atoms with E-state index >= 15 is 0 Å². The van der Waals surface area contributed by atoms with Gasteiger partial charge in [-0.15, -0.1) is 0 Å². The number of pyridine rings is 1. The van der Waals surface area contributed by atoms with E-state index in [9.17, 15) is 0 Å². The fourth-order valence-electron chi connectivity index (χ4n) is 9.76. The van der Waals surface area contributed by atoms with Gasteiger partial charge in [0.05, 0.1) is 44.7 Å². The summed E-state index contributed by atoms with van der Waals surface area (Å²) in [5, 5.41) is 8.26. The molecule has 0 N–H and O–H groups in total. The predicted molar refractivity (Wildman–Crippen MR) is 265 cm³/mol. The molecule has 0 unspecified atom stereocenters. The number of benzene rings is 9. The van der Waals surface area contributed by atoms with E-state index in [2.05, 4.69) is 215 Å². The minimum atomic E-state index is 0.679. The maximum Gasteiger partial charge on any atom is 0.160 e. The second kappa shape index (κ2) is 14.5. The van der Waals surface area contributed by atoms with E-state index < -0.39 is 0 Å². The highest BCUT2D eigenvalue weighted by atomic mass is 15.0. The molecular weight excluding hydrogens is 779 g/mol. The molecule has 0 fully saturated rings. The number of rotatable bonds is 6. The van der Waals surface area contributed by atoms with Crippen LogP contribution < -0.4 is 0 Å². The molecule has 64 heavy (non-hydrogen) atoms. The molecule has 5 heteroatoms. The zero-order valence-electron chi connectivity index (χ0n) is 34.6. The minimum absolute atomic E-state index is 0.679. The van der Waals surface area contributed by atoms with Crippen molar-refractivity contribution < 1.29 is 0 Å². The first kappa shape index (κ1) is 36.0. The van der Waals surface area contributed by atoms with Gasteiger partial charge in [-0.2, -0.15) is 0 Å². The first-order valence-corrected chi connectivity index (χ1v) is 21.7. The van der Waals surface area contributed by atoms with Gasteiger partial charge < -0.3 is 9.13 Å². The van der Waals surface area contributed by atoms with Crippen molar-refractivity contribution in [2.24, 2.45) is 0 Å². The molecule has 13 aromatic rings. The molecule has 9 aromatic carbocycles. The molecule has 0 saturated heterocycles. The van der Waals surface area contributed by atoms with E-state index in [1.807, 2.05) is 18.2 Å². The van der Waals surface area contributed by atoms with E-state index in [0.29, 0.717) is 5.82 Å². The molecule has 0 aliphatic heterocycles. The maximum absolute atomic E-state index is 5.31. The molecule has 0 bridgehead atoms. The van der Waals surface area contributed by atoms with Crippen LogP contribution in [0.1, 0.15) is 0 Å². The van der Waals surface area contributed by atoms with Gasteiger partial charge in [0.2, 0.25) is 0 Å². The average molecular weight is 816 g/mol. The number of hydrogen-bond acceptors (Lipinski definition) is 3. The van der Waals surface area contributed by atoms with E-state index in [1.165, 1.54) is 38.0 Å². The topological polar surface area (TPSA) is 48.5 Å². The average Bonchev–Trinajstić information content (AvgIpc) is 3.88. The molecule has 4 aromatic heterocycles. The van der Waals surface area contributed by atoms with Crippen LogP contribution in [-0.2, 0) is 0 Å². The van der Waals surface area contributed by atoms with Crippen LogP contribution in [-0.4, -0.2) is 24.1 Å². The summed E-state index contributed by atoms with van der Waals surface area (Å²) in [6.07, 6.45) is 0. The Bertz CT molecular complexity index is 3890. The minimum Gasteiger partial charge on any atom is -0.309 e. The van der Waals surface area contributed by atoms with Crippen LogP contribution >= 0.6 is 0 Å². The lowest BCUT2D eigenvalue weighted by molar-refractivity contribution is 1.16. The van der Waals surface area contributed by atoms with Gasteiger partial charge in [-0.3, -0.25) is 0 Å². The summed E-state index contributed by atoms with van der Waals surface area (Å²) in [7, 11) is 0. The number of nitrogens with zero attached hydrogens (tertiary/aromatic N) is 5. The van der Waals surface area contributed by atoms with Gasteiger partial charge in [0.1, 0.15) is 0 Å². The third kappa shape index (κ3) is 5.75. The third-order valence-electron chi connectivity index (χ3n) is 12.7. The number of hydrogen-bond donors (Lipinski definition) is 0. The summed E-state index contributed by atoms with van der Waals surface area (Å²) < 4.78 is 4.75. The molecule has 0 amide bonds. The number of para-hydroxylation sites is 4. The van der Waals surface area contributed by atoms with Gasteiger partial charge in [0, 0.05) is 65.9 Å². The van der Waals surface area contributed by atoms with Crippen molar-refractivity contribution in [2.75, 3.05) is 0 Å². The van der Waals surface area contributed by atoms with Crippen LogP contribution in [0, 0.1) is 0 Å². The van der Waals surface area contributed by atoms with Gasteiger partial charge in [0.15, 0.2) is 5.82 Å². The van der Waals surface area contributed by atoms with Gasteiger partial charge in [0.25, 0.3) is 0 Å². The maximum atomic E-state index is 5.31. The molecule has 0 saturated carbocycles. The molecule has 0 aliphatic rings. The molecule has 298 valence electrons. The molecule has 0 atom stereocenters. The van der Waals surface area contributed by atoms with E-state index in [-0.39, 0.29) is 0 Å². The highest BCUT2D eigenvalue weighted by Gasteiger charge is 2.20. The van der Waals surface area contributed by atoms with Crippen LogP contribution in [0.4, 0.5) is 0 Å². The first-order valence-electron chi connectivity index (χ1n) is 21.7. The Balaban J connectivity index is 1.04. The highest BCUT2D eigenvalue weighted by Crippen LogP contribution is 2.42. The van der Waals surface area contributed by atoms with E-state index in [0.717, 1.165) is 78.0 Å². The molecule has 0 spiro atoms. The van der Waals surface area contributed by atoms with Gasteiger partial charge in [-0.05, 0) is 72.1 Å². The summed E-state index contributed by atoms with van der Waals surface area (Å²) in [5.74, 6) is 0.679. The lowest BCUT2D eigenvalue weighted by Gasteiger charge is -2.13. The zero-order valence-corrected chi connectivity index (χ0v) is 34.6. The van der Waals surface area contributed by atoms with Gasteiger partial charge in [-0.1, -0.05) is 158 Å². The molecule has 0 aliphatic carbocycles. The molecule has 13 rings (SSSR count). The summed E-state index contributed by atoms with van der Waals surface area (Å²) in [4.78, 5) is 15.9. The van der Waals surface area contributed by atoms with Gasteiger partial charge >= 0.3 is 0 Å². The Kier molecular flexibility index (Phi) is 8.15. The fourth-order valence-corrected chi connectivity index (χ4v) is 9.76. The Morgan fingerprint density at radius 1 is 0.266 bits per heavy atom. The molecule has 5 nitrogen and oxygen atoms in total. The van der Waals surface area contributed by atoms with Crippen molar-refractivity contribution in [3.8, 4) is 56.5 Å². The second-order valence-electron chi connectivity index (χ2n) is 16.4. The summed E-state index contributed by atoms with van der Waals surface area (Å²) in [6.45, 7) is 0. The molecule has 4 heterocycles. The van der Waals surface area contributed by atoms with E-state index in [1.54, 1.807) is 0 Å². The second-order valence-corrected chi connectivity index (χ2v) is 16.4. The standard InChI is InChI=1S/C59H37N5/c1-4-17-38(18-5-1)58-50-36-57-49(35-48(50)44-25-10-13-28-51(44)60-58)47-32-31-41(34-56(47)63(57)42-22-8-3-9-23-42)53-37-52(61-59(62-53)39-19-6-2-7-20-39)40-21-16-24-43(33-40)64-54-29-14-11-26-45(54)46-27-12-15-30-55(46)64/h1-37H. The monoisotopic (exact) mass is 815 g/mol. The Morgan fingerprint density at radius 3 is 1.52 bits per heavy atom. The largest absolute Gasteiger partial charge is 0.309 e. The van der Waals surface area contributed by atoms with Crippen molar-refractivity contribution in [3.05, 3.63) is 224 Å². The van der Waals surface area contributed by atoms with Crippen molar-refractivity contribution in [1.29, 1.82) is 0 Å². The van der Waals surface area contributed by atoms with Crippen molar-refractivity contribution >= 4 is 65.3 Å². The van der Waals surface area contributed by atoms with Crippen molar-refractivity contribution in [2.45, 2.75) is 0 Å². The zero-order chi connectivity index (χ0) is 42.1. The first-order chi connectivity index (χ1) is 31.7. The van der Waals surface area contributed by atoms with Crippen LogP contribution in [0.25, 0.3) is 122 Å². The Hall–Kier alpha value is -8.67. The van der Waals surface area contributed by atoms with Crippen LogP contribution in [0.3, 0.4) is 0 Å². The number of fused-ring (bicyclic) bond motifs is 9. The lowest BCUT2D eigenvalue weighted by atomic mass is 9.97. The van der Waals surface area contributed by atoms with Crippen LogP contribution in [0.15, 0.2) is 224 Å². The summed E-state index contributed by atoms with van der Waals surface area (Å²) in [5.41, 5.74) is 14.5. The van der Waals surface area contributed by atoms with Crippen molar-refractivity contribution in [1.82, 2.24) is 24.1 Å². The summed E-state index contributed by atoms with van der Waals surface area (Å²) in [6, 6.07) is 79.6. The quantitative estimate of drug-likeness (QED) is 0.157. The summed E-state index contributed by atoms with van der Waals surface area (Å²) >= 11 is 0. The smallest absolute Gasteiger partial charge is 0.160 e. The Labute approximate surface area is 368 Å². The van der Waals surface area contributed by atoms with Gasteiger partial charge in [-0.25, -0.2) is 15.0 Å². The molecular formula is C59H37N5. The van der Waals surface area contributed by atoms with Crippen LogP contribution in [0.5, 0.6) is 0 Å². The van der Waals surface area contributed by atoms with Crippen molar-refractivity contribution in [3.63, 3.8) is 0 Å². The van der Waals surface area contributed by atoms with E-state index in [4.69, 9.17) is 15.0 Å². The number of aromatic nitrogens is 5. The lowest BCUT2D eigenvalue weighted by Crippen LogP contribution is -1.98. The third-order valence-corrected chi connectivity index (χ3v) is 12.7.